The Hall–Kier alpha value is -2.70. The number of hydroxylamine groups is 1. The normalized spacial score (nSPS) is 18.9. The van der Waals surface area contributed by atoms with Crippen LogP contribution in [-0.2, 0) is 20.2 Å². The van der Waals surface area contributed by atoms with Crippen LogP contribution in [0.15, 0.2) is 42.9 Å². The van der Waals surface area contributed by atoms with Crippen molar-refractivity contribution in [3.63, 3.8) is 0 Å². The number of para-hydroxylation sites is 1. The van der Waals surface area contributed by atoms with Gasteiger partial charge in [-0.2, -0.15) is 0 Å². The largest absolute Gasteiger partial charge is 0.361 e. The van der Waals surface area contributed by atoms with Crippen molar-refractivity contribution in [2.24, 2.45) is 5.92 Å². The minimum atomic E-state index is -1.16. The molecule has 2 saturated heterocycles. The highest BCUT2D eigenvalue weighted by molar-refractivity contribution is 8.29. The van der Waals surface area contributed by atoms with Gasteiger partial charge in [0, 0.05) is 80.0 Å². The maximum Gasteiger partial charge on any atom is 0.278 e. The quantitative estimate of drug-likeness (QED) is 0.229. The first-order valence-electron chi connectivity index (χ1n) is 16.4. The van der Waals surface area contributed by atoms with E-state index in [1.807, 2.05) is 0 Å². The number of ether oxygens (including phenoxy) is 1. The summed E-state index contributed by atoms with van der Waals surface area (Å²) in [7, 11) is -1.16. The second kappa shape index (κ2) is 15.3. The minimum absolute atomic E-state index is 0.149. The van der Waals surface area contributed by atoms with Crippen LogP contribution in [-0.4, -0.2) is 95.2 Å². The number of fused-ring (bicyclic) bond motifs is 1. The summed E-state index contributed by atoms with van der Waals surface area (Å²) in [6.07, 6.45) is 15.5. The number of hydrogen-bond donors (Lipinski definition) is 2. The number of aromatic amines is 1. The molecule has 1 atom stereocenters. The van der Waals surface area contributed by atoms with Crippen molar-refractivity contribution in [2.75, 3.05) is 63.3 Å². The predicted octanol–water partition coefficient (Wildman–Crippen LogP) is 5.70. The van der Waals surface area contributed by atoms with Gasteiger partial charge in [0.25, 0.3) is 5.91 Å². The van der Waals surface area contributed by atoms with E-state index >= 15 is 0 Å². The van der Waals surface area contributed by atoms with Gasteiger partial charge in [-0.3, -0.25) is 4.79 Å². The average molecular weight is 641 g/mol. The van der Waals surface area contributed by atoms with Crippen molar-refractivity contribution in [1.29, 1.82) is 0 Å². The summed E-state index contributed by atoms with van der Waals surface area (Å²) in [5.74, 6) is 0.897. The topological polar surface area (TPSA) is 105 Å². The number of rotatable bonds is 13. The molecule has 0 bridgehead atoms. The number of piperidine rings is 1. The van der Waals surface area contributed by atoms with Gasteiger partial charge in [0.15, 0.2) is 6.29 Å². The Bertz CT molecular complexity index is 1360. The van der Waals surface area contributed by atoms with Gasteiger partial charge in [-0.15, -0.1) is 10.3 Å². The molecule has 248 valence electrons. The first-order chi connectivity index (χ1) is 21.6. The number of amides is 1. The second-order valence-corrected chi connectivity index (χ2v) is 17.6. The van der Waals surface area contributed by atoms with Gasteiger partial charge >= 0.3 is 0 Å². The number of nitrogens with one attached hydrogen (secondary N) is 2. The lowest BCUT2D eigenvalue weighted by Gasteiger charge is -2.44. The zero-order valence-electron chi connectivity index (χ0n) is 27.7. The van der Waals surface area contributed by atoms with Crippen LogP contribution in [0.1, 0.15) is 68.8 Å². The third-order valence-electron chi connectivity index (χ3n) is 9.37. The molecule has 0 aliphatic carbocycles. The number of benzene rings is 1. The summed E-state index contributed by atoms with van der Waals surface area (Å²) in [5, 5.41) is 1.31. The predicted molar refractivity (Wildman–Crippen MR) is 183 cm³/mol. The van der Waals surface area contributed by atoms with Crippen molar-refractivity contribution >= 4 is 33.1 Å². The van der Waals surface area contributed by atoms with Crippen LogP contribution in [0, 0.1) is 5.92 Å². The highest BCUT2D eigenvalue weighted by Crippen LogP contribution is 2.53. The molecule has 1 unspecified atom stereocenters. The molecule has 2 fully saturated rings. The van der Waals surface area contributed by atoms with E-state index < -0.39 is 16.6 Å². The molecule has 2 aromatic heterocycles. The summed E-state index contributed by atoms with van der Waals surface area (Å²) in [4.78, 5) is 35.2. The monoisotopic (exact) mass is 640 g/mol. The smallest absolute Gasteiger partial charge is 0.278 e. The molecule has 10 nitrogen and oxygen atoms in total. The summed E-state index contributed by atoms with van der Waals surface area (Å²) in [5.41, 5.74) is 5.42. The Balaban J connectivity index is 1.12. The van der Waals surface area contributed by atoms with Gasteiger partial charge in [0.1, 0.15) is 0 Å². The van der Waals surface area contributed by atoms with E-state index in [-0.39, 0.29) is 10.7 Å². The van der Waals surface area contributed by atoms with Crippen LogP contribution in [0.3, 0.4) is 0 Å². The molecule has 2 aliphatic heterocycles. The van der Waals surface area contributed by atoms with Crippen molar-refractivity contribution in [1.82, 2.24) is 25.3 Å². The Morgan fingerprint density at radius 2 is 1.87 bits per heavy atom. The van der Waals surface area contributed by atoms with E-state index in [1.54, 1.807) is 12.4 Å². The van der Waals surface area contributed by atoms with E-state index in [1.165, 1.54) is 16.5 Å². The molecule has 2 aliphatic rings. The van der Waals surface area contributed by atoms with Crippen LogP contribution >= 0.6 is 10.3 Å². The number of hydrogen-bond acceptors (Lipinski definition) is 8. The lowest BCUT2D eigenvalue weighted by molar-refractivity contribution is -0.186. The van der Waals surface area contributed by atoms with E-state index in [9.17, 15) is 4.79 Å². The fourth-order valence-corrected chi connectivity index (χ4v) is 6.57. The molecule has 0 radical (unpaired) electrons. The zero-order chi connectivity index (χ0) is 31.9. The Morgan fingerprint density at radius 3 is 2.58 bits per heavy atom. The number of nitrogens with zero attached hydrogens (tertiary/aromatic N) is 4. The minimum Gasteiger partial charge on any atom is -0.361 e. The first kappa shape index (κ1) is 33.7. The molecule has 2 N–H and O–H groups in total. The lowest BCUT2D eigenvalue weighted by Crippen LogP contribution is -2.41. The van der Waals surface area contributed by atoms with Gasteiger partial charge in [-0.05, 0) is 62.2 Å². The first-order valence-corrected chi connectivity index (χ1v) is 18.8. The molecule has 3 aromatic rings. The van der Waals surface area contributed by atoms with Crippen molar-refractivity contribution in [3.05, 3.63) is 54.0 Å². The van der Waals surface area contributed by atoms with E-state index in [4.69, 9.17) is 13.8 Å². The molecule has 1 amide bonds. The number of carbonyl (C=O) groups excluding carboxylic acids is 1. The number of aromatic nitrogens is 3. The van der Waals surface area contributed by atoms with Crippen LogP contribution in [0.5, 0.6) is 0 Å². The third-order valence-corrected chi connectivity index (χ3v) is 13.1. The Labute approximate surface area is 270 Å². The molecule has 5 rings (SSSR count). The van der Waals surface area contributed by atoms with Crippen molar-refractivity contribution < 1.29 is 18.6 Å². The van der Waals surface area contributed by atoms with Crippen LogP contribution in [0.4, 0.5) is 5.95 Å². The summed E-state index contributed by atoms with van der Waals surface area (Å²) >= 11 is 0. The number of anilines is 1. The van der Waals surface area contributed by atoms with Gasteiger partial charge in [0.2, 0.25) is 5.95 Å². The second-order valence-electron chi connectivity index (χ2n) is 13.6. The third kappa shape index (κ3) is 9.19. The Morgan fingerprint density at radius 1 is 1.11 bits per heavy atom. The molecular weight excluding hydrogens is 588 g/mol. The van der Waals surface area contributed by atoms with E-state index in [2.05, 4.69) is 94.0 Å². The van der Waals surface area contributed by atoms with Gasteiger partial charge < -0.3 is 23.7 Å². The standard InChI is InChI=1S/C34H52N6O4S/c1-34(2,3)45(4,5)43-21-19-39(16-15-27-22-35-30-11-7-6-10-29(27)30)25-26-13-17-40(18-14-26)33-36-23-28(24-37-33)32(41)38-44-31-12-8-9-20-42-31/h6-7,10-11,22-24,26,31,35H,8-9,12-21,25H2,1-5H3,(H,38,41). The number of carbonyl (C=O) groups is 1. The van der Waals surface area contributed by atoms with Crippen molar-refractivity contribution in [2.45, 2.75) is 70.3 Å². The zero-order valence-corrected chi connectivity index (χ0v) is 28.5. The molecule has 11 heteroatoms. The van der Waals surface area contributed by atoms with E-state index in [0.29, 0.717) is 24.0 Å². The maximum atomic E-state index is 12.5. The molecule has 4 heterocycles. The Kier molecular flexibility index (Phi) is 11.4. The fourth-order valence-electron chi connectivity index (χ4n) is 5.73. The molecular formula is C34H52N6O4S. The summed E-state index contributed by atoms with van der Waals surface area (Å²) in [6, 6.07) is 8.55. The maximum absolute atomic E-state index is 12.5. The fraction of sp³-hybridized carbons (Fsp3) is 0.618. The molecule has 45 heavy (non-hydrogen) atoms. The van der Waals surface area contributed by atoms with Gasteiger partial charge in [-0.25, -0.2) is 20.3 Å². The molecule has 0 spiro atoms. The SMILES string of the molecule is CC(C)(C)S(C)(C)OCCN(CCc1c[nH]c2ccccc12)CC1CCN(c2ncc(C(=O)NOC3CCCCO3)cn2)CC1. The summed E-state index contributed by atoms with van der Waals surface area (Å²) < 4.78 is 12.2. The van der Waals surface area contributed by atoms with Crippen molar-refractivity contribution in [3.8, 4) is 0 Å². The van der Waals surface area contributed by atoms with E-state index in [0.717, 1.165) is 77.9 Å². The van der Waals surface area contributed by atoms with Crippen LogP contribution in [0.25, 0.3) is 10.9 Å². The average Bonchev–Trinajstić information content (AvgIpc) is 3.46. The number of H-pyrrole nitrogens is 1. The summed E-state index contributed by atoms with van der Waals surface area (Å²) in [6.45, 7) is 13.0. The molecule has 1 aromatic carbocycles. The van der Waals surface area contributed by atoms with Gasteiger partial charge in [-0.1, -0.05) is 39.0 Å². The molecule has 0 saturated carbocycles. The van der Waals surface area contributed by atoms with Crippen LogP contribution < -0.4 is 10.4 Å². The highest BCUT2D eigenvalue weighted by atomic mass is 32.3. The highest BCUT2D eigenvalue weighted by Gasteiger charge is 2.29. The van der Waals surface area contributed by atoms with Gasteiger partial charge in [0.05, 0.1) is 12.2 Å². The van der Waals surface area contributed by atoms with Crippen LogP contribution in [0.2, 0.25) is 0 Å². The lowest BCUT2D eigenvalue weighted by atomic mass is 9.96.